The summed E-state index contributed by atoms with van der Waals surface area (Å²) < 4.78 is 0. The van der Waals surface area contributed by atoms with E-state index in [1.165, 1.54) is 20.9 Å². The minimum atomic E-state index is 0.0100. The van der Waals surface area contributed by atoms with Crippen molar-refractivity contribution in [2.75, 3.05) is 19.6 Å². The molecule has 1 aromatic carbocycles. The number of nitrogens with zero attached hydrogens (tertiary/aromatic N) is 2. The van der Waals surface area contributed by atoms with Crippen LogP contribution in [0.15, 0.2) is 59.3 Å². The van der Waals surface area contributed by atoms with Crippen molar-refractivity contribution in [1.29, 1.82) is 0 Å². The molecule has 32 heavy (non-hydrogen) atoms. The van der Waals surface area contributed by atoms with Gasteiger partial charge in [0, 0.05) is 41.7 Å². The first kappa shape index (κ1) is 21.4. The number of aryl methyl sites for hydroxylation is 1. The Morgan fingerprint density at radius 1 is 0.906 bits per heavy atom. The van der Waals surface area contributed by atoms with Gasteiger partial charge in [-0.2, -0.15) is 0 Å². The third-order valence-electron chi connectivity index (χ3n) is 6.73. The normalized spacial score (nSPS) is 19.1. The molecule has 0 N–H and O–H groups in total. The summed E-state index contributed by atoms with van der Waals surface area (Å²) in [4.78, 5) is 33.0. The Balaban J connectivity index is 1.21. The second kappa shape index (κ2) is 9.59. The van der Waals surface area contributed by atoms with Gasteiger partial charge in [-0.25, -0.2) is 0 Å². The fourth-order valence-corrected chi connectivity index (χ4v) is 6.73. The van der Waals surface area contributed by atoms with Crippen molar-refractivity contribution in [2.45, 2.75) is 38.1 Å². The van der Waals surface area contributed by atoms with Crippen LogP contribution in [-0.4, -0.2) is 41.2 Å². The summed E-state index contributed by atoms with van der Waals surface area (Å²) in [5.74, 6) is 0.476. The molecular formula is C26H28N2O2S2. The average molecular weight is 465 g/mol. The van der Waals surface area contributed by atoms with E-state index in [2.05, 4.69) is 46.0 Å². The molecule has 1 fully saturated rings. The van der Waals surface area contributed by atoms with Crippen LogP contribution in [0.4, 0.5) is 0 Å². The summed E-state index contributed by atoms with van der Waals surface area (Å²) in [7, 11) is 0. The molecule has 1 atom stereocenters. The van der Waals surface area contributed by atoms with E-state index in [9.17, 15) is 9.59 Å². The lowest BCUT2D eigenvalue weighted by Gasteiger charge is -2.39. The molecule has 1 saturated heterocycles. The van der Waals surface area contributed by atoms with Gasteiger partial charge in [0.15, 0.2) is 0 Å². The van der Waals surface area contributed by atoms with E-state index in [0.29, 0.717) is 19.5 Å². The number of carbonyl (C=O) groups is 2. The van der Waals surface area contributed by atoms with Gasteiger partial charge in [0.05, 0.1) is 6.04 Å². The first-order valence-electron chi connectivity index (χ1n) is 11.4. The maximum absolute atomic E-state index is 13.6. The molecule has 4 heterocycles. The highest BCUT2D eigenvalue weighted by atomic mass is 32.1. The van der Waals surface area contributed by atoms with Crippen LogP contribution in [0.2, 0.25) is 0 Å². The number of hydrogen-bond donors (Lipinski definition) is 0. The minimum Gasteiger partial charge on any atom is -0.343 e. The molecule has 2 aliphatic heterocycles. The zero-order chi connectivity index (χ0) is 21.9. The Bertz CT molecular complexity index is 1050. The number of benzene rings is 1. The maximum Gasteiger partial charge on any atom is 0.226 e. The van der Waals surface area contributed by atoms with Crippen LogP contribution in [0, 0.1) is 5.92 Å². The number of thiophene rings is 2. The summed E-state index contributed by atoms with van der Waals surface area (Å²) in [6, 6.07) is 16.6. The van der Waals surface area contributed by atoms with Crippen LogP contribution in [0.25, 0.3) is 0 Å². The number of piperidine rings is 1. The highest BCUT2D eigenvalue weighted by Crippen LogP contribution is 2.40. The van der Waals surface area contributed by atoms with Crippen LogP contribution < -0.4 is 0 Å². The third-order valence-corrected chi connectivity index (χ3v) is 8.65. The Hall–Kier alpha value is -2.44. The zero-order valence-corrected chi connectivity index (χ0v) is 19.7. The van der Waals surface area contributed by atoms with E-state index in [1.807, 2.05) is 23.1 Å². The maximum atomic E-state index is 13.6. The van der Waals surface area contributed by atoms with Gasteiger partial charge >= 0.3 is 0 Å². The van der Waals surface area contributed by atoms with E-state index in [0.717, 1.165) is 32.2 Å². The molecule has 2 aromatic heterocycles. The molecule has 2 aliphatic rings. The summed E-state index contributed by atoms with van der Waals surface area (Å²) in [5, 5.41) is 4.25. The largest absolute Gasteiger partial charge is 0.343 e. The lowest BCUT2D eigenvalue weighted by Crippen LogP contribution is -2.47. The first-order chi connectivity index (χ1) is 15.7. The zero-order valence-electron chi connectivity index (χ0n) is 18.1. The van der Waals surface area contributed by atoms with Gasteiger partial charge in [-0.3, -0.25) is 9.59 Å². The van der Waals surface area contributed by atoms with Crippen molar-refractivity contribution in [1.82, 2.24) is 9.80 Å². The van der Waals surface area contributed by atoms with Gasteiger partial charge in [0.25, 0.3) is 0 Å². The van der Waals surface area contributed by atoms with Gasteiger partial charge in [0.1, 0.15) is 0 Å². The van der Waals surface area contributed by atoms with E-state index >= 15 is 0 Å². The Morgan fingerprint density at radius 2 is 1.72 bits per heavy atom. The van der Waals surface area contributed by atoms with Gasteiger partial charge in [-0.05, 0) is 59.7 Å². The Labute approximate surface area is 197 Å². The molecule has 3 aromatic rings. The van der Waals surface area contributed by atoms with E-state index in [1.54, 1.807) is 22.7 Å². The molecule has 0 radical (unpaired) electrons. The number of amides is 2. The highest BCUT2D eigenvalue weighted by Gasteiger charge is 2.37. The van der Waals surface area contributed by atoms with Crippen molar-refractivity contribution in [2.24, 2.45) is 5.92 Å². The van der Waals surface area contributed by atoms with Gasteiger partial charge in [0.2, 0.25) is 11.8 Å². The van der Waals surface area contributed by atoms with E-state index < -0.39 is 0 Å². The predicted octanol–water partition coefficient (Wildman–Crippen LogP) is 5.16. The monoisotopic (exact) mass is 464 g/mol. The highest BCUT2D eigenvalue weighted by molar-refractivity contribution is 7.10. The number of fused-ring (bicyclic) bond motifs is 1. The van der Waals surface area contributed by atoms with Crippen molar-refractivity contribution >= 4 is 34.5 Å². The summed E-state index contributed by atoms with van der Waals surface area (Å²) in [5.41, 5.74) is 2.49. The van der Waals surface area contributed by atoms with Crippen LogP contribution >= 0.6 is 22.7 Å². The fraction of sp³-hybridized carbons (Fsp3) is 0.385. The van der Waals surface area contributed by atoms with E-state index in [4.69, 9.17) is 0 Å². The topological polar surface area (TPSA) is 40.6 Å². The SMILES string of the molecule is O=C(CCc1ccccc1)N1CCC(C(=O)N2CCc3sccc3C2c2cccs2)CC1. The second-order valence-electron chi connectivity index (χ2n) is 8.64. The van der Waals surface area contributed by atoms with E-state index in [-0.39, 0.29) is 23.8 Å². The van der Waals surface area contributed by atoms with Crippen molar-refractivity contribution < 1.29 is 9.59 Å². The summed E-state index contributed by atoms with van der Waals surface area (Å²) in [6.45, 7) is 2.15. The Kier molecular flexibility index (Phi) is 6.42. The summed E-state index contributed by atoms with van der Waals surface area (Å²) in [6.07, 6.45) is 3.78. The molecule has 0 aliphatic carbocycles. The third kappa shape index (κ3) is 4.39. The molecule has 166 valence electrons. The molecular weight excluding hydrogens is 436 g/mol. The minimum absolute atomic E-state index is 0.0100. The quantitative estimate of drug-likeness (QED) is 0.524. The predicted molar refractivity (Wildman–Crippen MR) is 130 cm³/mol. The molecule has 5 rings (SSSR count). The standard InChI is InChI=1S/C26H28N2O2S2/c29-24(9-8-19-5-2-1-3-6-19)27-14-10-20(11-15-27)26(30)28-16-12-22-21(13-18-32-22)25(28)23-7-4-17-31-23/h1-7,13,17-18,20,25H,8-12,14-16H2. The number of rotatable bonds is 5. The lowest BCUT2D eigenvalue weighted by atomic mass is 9.91. The molecule has 2 amide bonds. The average Bonchev–Trinajstić information content (AvgIpc) is 3.54. The number of carbonyl (C=O) groups excluding carboxylic acids is 2. The van der Waals surface area contributed by atoms with Gasteiger partial charge < -0.3 is 9.80 Å². The lowest BCUT2D eigenvalue weighted by molar-refractivity contribution is -0.142. The molecule has 0 saturated carbocycles. The smallest absolute Gasteiger partial charge is 0.226 e. The summed E-state index contributed by atoms with van der Waals surface area (Å²) >= 11 is 3.53. The van der Waals surface area contributed by atoms with Crippen LogP contribution in [0.3, 0.4) is 0 Å². The van der Waals surface area contributed by atoms with Gasteiger partial charge in [-0.15, -0.1) is 22.7 Å². The molecule has 0 bridgehead atoms. The molecule has 0 spiro atoms. The Morgan fingerprint density at radius 3 is 2.47 bits per heavy atom. The van der Waals surface area contributed by atoms with Crippen molar-refractivity contribution in [3.05, 3.63) is 80.2 Å². The van der Waals surface area contributed by atoms with Gasteiger partial charge in [-0.1, -0.05) is 36.4 Å². The van der Waals surface area contributed by atoms with Crippen molar-refractivity contribution in [3.8, 4) is 0 Å². The first-order valence-corrected chi connectivity index (χ1v) is 13.2. The van der Waals surface area contributed by atoms with Crippen LogP contribution in [0.1, 0.15) is 46.2 Å². The molecule has 6 heteroatoms. The molecule has 1 unspecified atom stereocenters. The number of hydrogen-bond acceptors (Lipinski definition) is 4. The number of likely N-dealkylation sites (tertiary alicyclic amines) is 1. The molecule has 4 nitrogen and oxygen atoms in total. The van der Waals surface area contributed by atoms with Crippen LogP contribution in [0.5, 0.6) is 0 Å². The van der Waals surface area contributed by atoms with Crippen molar-refractivity contribution in [3.63, 3.8) is 0 Å². The second-order valence-corrected chi connectivity index (χ2v) is 10.6. The fourth-order valence-electron chi connectivity index (χ4n) is 4.97. The van der Waals surface area contributed by atoms with Crippen LogP contribution in [-0.2, 0) is 22.4 Å².